The van der Waals surface area contributed by atoms with Gasteiger partial charge in [0.1, 0.15) is 0 Å². The summed E-state index contributed by atoms with van der Waals surface area (Å²) in [6, 6.07) is 35.7. The normalized spacial score (nSPS) is 12.7. The van der Waals surface area contributed by atoms with Crippen LogP contribution >= 0.6 is 20.8 Å². The van der Waals surface area contributed by atoms with Crippen molar-refractivity contribution in [1.82, 2.24) is 0 Å². The standard InChI is InChI=1S/C29H30BrOP/c1-22-5-15-27(16-6-22)32(30,28-17-7-23(2)8-18-28,29-19-9-24(3)10-20-29)21-25-11-13-26(31-4)14-12-25/h5-20H,21H2,1-4H3. The third-order valence-electron chi connectivity index (χ3n) is 6.36. The first-order valence-electron chi connectivity index (χ1n) is 10.9. The van der Waals surface area contributed by atoms with E-state index in [2.05, 4.69) is 133 Å². The Morgan fingerprint density at radius 1 is 0.562 bits per heavy atom. The van der Waals surface area contributed by atoms with E-state index in [1.54, 1.807) is 7.11 Å². The minimum absolute atomic E-state index is 0.879. The first kappa shape index (κ1) is 22.8. The molecular weight excluding hydrogens is 475 g/mol. The van der Waals surface area contributed by atoms with Crippen LogP contribution in [0.4, 0.5) is 0 Å². The molecule has 0 unspecified atom stereocenters. The minimum atomic E-state index is -3.01. The third-order valence-corrected chi connectivity index (χ3v) is 15.9. The number of rotatable bonds is 6. The van der Waals surface area contributed by atoms with Crippen molar-refractivity contribution in [2.24, 2.45) is 0 Å². The van der Waals surface area contributed by atoms with E-state index in [9.17, 15) is 0 Å². The Hall–Kier alpha value is -2.41. The van der Waals surface area contributed by atoms with Crippen molar-refractivity contribution in [2.45, 2.75) is 26.9 Å². The number of halogens is 1. The first-order chi connectivity index (χ1) is 15.3. The van der Waals surface area contributed by atoms with E-state index in [1.807, 2.05) is 0 Å². The van der Waals surface area contributed by atoms with E-state index in [1.165, 1.54) is 38.2 Å². The van der Waals surface area contributed by atoms with Crippen molar-refractivity contribution < 1.29 is 4.74 Å². The molecule has 0 radical (unpaired) electrons. The molecule has 0 aliphatic rings. The first-order valence-corrected chi connectivity index (χ1v) is 15.3. The van der Waals surface area contributed by atoms with Gasteiger partial charge in [-0.1, -0.05) is 0 Å². The Labute approximate surface area is 200 Å². The van der Waals surface area contributed by atoms with Crippen LogP contribution in [0.15, 0.2) is 97.1 Å². The van der Waals surface area contributed by atoms with Crippen molar-refractivity contribution in [2.75, 3.05) is 7.11 Å². The fourth-order valence-electron chi connectivity index (χ4n) is 4.36. The Morgan fingerprint density at radius 3 is 1.22 bits per heavy atom. The quantitative estimate of drug-likeness (QED) is 0.258. The van der Waals surface area contributed by atoms with Gasteiger partial charge in [-0.05, 0) is 0 Å². The number of methoxy groups -OCH3 is 1. The SMILES string of the molecule is COc1ccc(CP(Br)(c2ccc(C)cc2)(c2ccc(C)cc2)c2ccc(C)cc2)cc1. The van der Waals surface area contributed by atoms with E-state index in [-0.39, 0.29) is 0 Å². The molecule has 0 heterocycles. The average molecular weight is 505 g/mol. The molecule has 164 valence electrons. The van der Waals surface area contributed by atoms with Gasteiger partial charge in [0.05, 0.1) is 0 Å². The molecule has 0 spiro atoms. The summed E-state index contributed by atoms with van der Waals surface area (Å²) in [6.45, 7) is 6.44. The maximum absolute atomic E-state index is 5.42. The Bertz CT molecular complexity index is 1080. The zero-order chi connectivity index (χ0) is 22.8. The summed E-state index contributed by atoms with van der Waals surface area (Å²) in [4.78, 5) is 0. The Balaban J connectivity index is 2.06. The van der Waals surface area contributed by atoms with Gasteiger partial charge >= 0.3 is 201 Å². The number of aryl methyl sites for hydroxylation is 3. The molecule has 0 aliphatic carbocycles. The molecule has 0 atom stereocenters. The van der Waals surface area contributed by atoms with E-state index in [4.69, 9.17) is 4.74 Å². The summed E-state index contributed by atoms with van der Waals surface area (Å²) in [5.74, 6) is 0.879. The second-order valence-corrected chi connectivity index (χ2v) is 17.6. The van der Waals surface area contributed by atoms with Crippen LogP contribution in [0.2, 0.25) is 0 Å². The molecular formula is C29H30BrOP. The average Bonchev–Trinajstić information content (AvgIpc) is 2.81. The topological polar surface area (TPSA) is 9.23 Å². The second kappa shape index (κ2) is 8.85. The fraction of sp³-hybridized carbons (Fsp3) is 0.172. The molecule has 0 N–H and O–H groups in total. The predicted molar refractivity (Wildman–Crippen MR) is 145 cm³/mol. The van der Waals surface area contributed by atoms with Crippen LogP contribution in [0.3, 0.4) is 0 Å². The fourth-order valence-corrected chi connectivity index (χ4v) is 12.0. The summed E-state index contributed by atoms with van der Waals surface area (Å²) >= 11 is 4.56. The Morgan fingerprint density at radius 2 is 0.906 bits per heavy atom. The monoisotopic (exact) mass is 504 g/mol. The molecule has 4 rings (SSSR count). The summed E-state index contributed by atoms with van der Waals surface area (Å²) < 4.78 is 5.42. The van der Waals surface area contributed by atoms with Crippen molar-refractivity contribution in [3.8, 4) is 5.75 Å². The van der Waals surface area contributed by atoms with Gasteiger partial charge in [0.2, 0.25) is 0 Å². The predicted octanol–water partition coefficient (Wildman–Crippen LogP) is 6.96. The molecule has 0 bridgehead atoms. The Kier molecular flexibility index (Phi) is 6.30. The van der Waals surface area contributed by atoms with E-state index < -0.39 is 5.31 Å². The molecule has 0 saturated heterocycles. The van der Waals surface area contributed by atoms with Crippen molar-refractivity contribution >= 4 is 36.7 Å². The molecule has 3 heteroatoms. The molecule has 4 aromatic carbocycles. The molecule has 0 fully saturated rings. The van der Waals surface area contributed by atoms with Crippen LogP contribution in [-0.4, -0.2) is 7.11 Å². The number of hydrogen-bond acceptors (Lipinski definition) is 1. The van der Waals surface area contributed by atoms with E-state index in [0.717, 1.165) is 11.9 Å². The van der Waals surface area contributed by atoms with Crippen molar-refractivity contribution in [3.05, 3.63) is 119 Å². The van der Waals surface area contributed by atoms with Gasteiger partial charge in [-0.3, -0.25) is 0 Å². The van der Waals surface area contributed by atoms with Gasteiger partial charge in [0.15, 0.2) is 0 Å². The van der Waals surface area contributed by atoms with Crippen LogP contribution in [0.25, 0.3) is 0 Å². The molecule has 32 heavy (non-hydrogen) atoms. The summed E-state index contributed by atoms with van der Waals surface area (Å²) in [5.41, 5.74) is 5.08. The summed E-state index contributed by atoms with van der Waals surface area (Å²) in [5, 5.41) is 1.00. The van der Waals surface area contributed by atoms with Crippen LogP contribution in [-0.2, 0) is 6.16 Å². The molecule has 1 nitrogen and oxygen atoms in total. The summed E-state index contributed by atoms with van der Waals surface area (Å²) in [7, 11) is 1.71. The number of ether oxygens (including phenoxy) is 1. The number of benzene rings is 4. The van der Waals surface area contributed by atoms with Crippen molar-refractivity contribution in [1.29, 1.82) is 0 Å². The number of hydrogen-bond donors (Lipinski definition) is 0. The molecule has 0 saturated carbocycles. The van der Waals surface area contributed by atoms with Gasteiger partial charge in [-0.25, -0.2) is 0 Å². The second-order valence-electron chi connectivity index (χ2n) is 8.70. The van der Waals surface area contributed by atoms with Crippen LogP contribution in [0.1, 0.15) is 22.3 Å². The zero-order valence-corrected chi connectivity index (χ0v) is 21.7. The van der Waals surface area contributed by atoms with Gasteiger partial charge < -0.3 is 0 Å². The zero-order valence-electron chi connectivity index (χ0n) is 19.2. The van der Waals surface area contributed by atoms with Gasteiger partial charge in [-0.15, -0.1) is 0 Å². The molecule has 0 aromatic heterocycles. The molecule has 0 aliphatic heterocycles. The van der Waals surface area contributed by atoms with Crippen molar-refractivity contribution in [3.63, 3.8) is 0 Å². The van der Waals surface area contributed by atoms with Crippen LogP contribution in [0, 0.1) is 20.8 Å². The maximum atomic E-state index is 5.42. The van der Waals surface area contributed by atoms with Gasteiger partial charge in [0, 0.05) is 0 Å². The molecule has 4 aromatic rings. The van der Waals surface area contributed by atoms with Crippen LogP contribution in [0.5, 0.6) is 5.75 Å². The third kappa shape index (κ3) is 4.03. The van der Waals surface area contributed by atoms with Gasteiger partial charge in [0.25, 0.3) is 0 Å². The van der Waals surface area contributed by atoms with E-state index >= 15 is 0 Å². The van der Waals surface area contributed by atoms with Crippen LogP contribution < -0.4 is 20.7 Å². The molecule has 0 amide bonds. The van der Waals surface area contributed by atoms with Gasteiger partial charge in [-0.2, -0.15) is 0 Å². The summed E-state index contributed by atoms with van der Waals surface area (Å²) in [6.07, 6.45) is 0.880. The van der Waals surface area contributed by atoms with E-state index in [0.29, 0.717) is 0 Å².